The SMILES string of the molecule is COc1cc[n+](OC(=O)C(F)(F)F)cc1. The average Bonchev–Trinajstić information content (AvgIpc) is 2.17. The third kappa shape index (κ3) is 3.12. The largest absolute Gasteiger partial charge is 0.498 e. The number of aromatic nitrogens is 1. The molecule has 1 heterocycles. The third-order valence-electron chi connectivity index (χ3n) is 1.43. The van der Waals surface area contributed by atoms with Crippen LogP contribution in [0, 0.1) is 0 Å². The summed E-state index contributed by atoms with van der Waals surface area (Å²) in [4.78, 5) is 14.4. The van der Waals surface area contributed by atoms with E-state index in [9.17, 15) is 18.0 Å². The maximum Gasteiger partial charge on any atom is 0.498 e. The summed E-state index contributed by atoms with van der Waals surface area (Å²) in [6, 6.07) is 2.70. The first-order chi connectivity index (χ1) is 6.93. The summed E-state index contributed by atoms with van der Waals surface area (Å²) >= 11 is 0. The molecule has 0 bridgehead atoms. The normalized spacial score (nSPS) is 10.9. The van der Waals surface area contributed by atoms with Crippen molar-refractivity contribution in [2.75, 3.05) is 7.11 Å². The highest BCUT2D eigenvalue weighted by atomic mass is 19.4. The minimum absolute atomic E-state index is 0.439. The van der Waals surface area contributed by atoms with Crippen molar-refractivity contribution < 1.29 is 32.3 Å². The van der Waals surface area contributed by atoms with Crippen molar-refractivity contribution in [3.05, 3.63) is 24.5 Å². The van der Waals surface area contributed by atoms with Crippen molar-refractivity contribution in [1.82, 2.24) is 0 Å². The highest BCUT2D eigenvalue weighted by Crippen LogP contribution is 2.14. The second kappa shape index (κ2) is 4.16. The second-order valence-electron chi connectivity index (χ2n) is 2.47. The molecular weight excluding hydrogens is 215 g/mol. The van der Waals surface area contributed by atoms with E-state index in [2.05, 4.69) is 4.84 Å². The molecule has 82 valence electrons. The number of carbonyl (C=O) groups excluding carboxylic acids is 1. The number of methoxy groups -OCH3 is 1. The summed E-state index contributed by atoms with van der Waals surface area (Å²) < 4.78 is 40.7. The van der Waals surface area contributed by atoms with Gasteiger partial charge in [0, 0.05) is 16.9 Å². The summed E-state index contributed by atoms with van der Waals surface area (Å²) in [6.07, 6.45) is -2.75. The highest BCUT2D eigenvalue weighted by molar-refractivity contribution is 5.75. The molecule has 0 atom stereocenters. The summed E-state index contributed by atoms with van der Waals surface area (Å²) in [5.74, 6) is -1.84. The van der Waals surface area contributed by atoms with Crippen LogP contribution in [0.25, 0.3) is 0 Å². The first kappa shape index (κ1) is 11.3. The van der Waals surface area contributed by atoms with E-state index >= 15 is 0 Å². The Morgan fingerprint density at radius 1 is 1.33 bits per heavy atom. The zero-order chi connectivity index (χ0) is 11.5. The molecule has 1 rings (SSSR count). The van der Waals surface area contributed by atoms with Gasteiger partial charge in [-0.25, -0.2) is 4.79 Å². The van der Waals surface area contributed by atoms with Gasteiger partial charge in [-0.1, -0.05) is 0 Å². The van der Waals surface area contributed by atoms with Crippen LogP contribution in [-0.2, 0) is 4.79 Å². The van der Waals surface area contributed by atoms with Crippen LogP contribution >= 0.6 is 0 Å². The Morgan fingerprint density at radius 2 is 1.87 bits per heavy atom. The number of ether oxygens (including phenoxy) is 1. The van der Waals surface area contributed by atoms with Gasteiger partial charge in [0.05, 0.1) is 7.11 Å². The molecular formula is C8H7F3NO3+. The van der Waals surface area contributed by atoms with Gasteiger partial charge in [-0.2, -0.15) is 18.0 Å². The van der Waals surface area contributed by atoms with Crippen LogP contribution in [0.1, 0.15) is 0 Å². The van der Waals surface area contributed by atoms with E-state index in [1.54, 1.807) is 0 Å². The van der Waals surface area contributed by atoms with Crippen LogP contribution in [0.2, 0.25) is 0 Å². The molecule has 0 unspecified atom stereocenters. The summed E-state index contributed by atoms with van der Waals surface area (Å²) in [5, 5.41) is 0. The molecule has 0 fully saturated rings. The number of pyridine rings is 1. The Balaban J connectivity index is 2.70. The van der Waals surface area contributed by atoms with Crippen molar-refractivity contribution in [1.29, 1.82) is 0 Å². The molecule has 15 heavy (non-hydrogen) atoms. The van der Waals surface area contributed by atoms with Crippen LogP contribution in [0.5, 0.6) is 5.75 Å². The van der Waals surface area contributed by atoms with Gasteiger partial charge >= 0.3 is 12.1 Å². The van der Waals surface area contributed by atoms with E-state index in [-0.39, 0.29) is 0 Å². The molecule has 0 amide bonds. The molecule has 4 nitrogen and oxygen atoms in total. The molecule has 0 aliphatic rings. The summed E-state index contributed by atoms with van der Waals surface area (Å²) in [5.41, 5.74) is 0. The first-order valence-corrected chi connectivity index (χ1v) is 3.78. The lowest BCUT2D eigenvalue weighted by Crippen LogP contribution is -2.49. The molecule has 1 aromatic rings. The molecule has 0 spiro atoms. The second-order valence-corrected chi connectivity index (χ2v) is 2.47. The van der Waals surface area contributed by atoms with Crippen LogP contribution in [-0.4, -0.2) is 19.3 Å². The quantitative estimate of drug-likeness (QED) is 0.684. The number of nitrogens with zero attached hydrogens (tertiary/aromatic N) is 1. The fourth-order valence-corrected chi connectivity index (χ4v) is 0.744. The molecule has 7 heteroatoms. The molecule has 0 aliphatic carbocycles. The van der Waals surface area contributed by atoms with Gasteiger partial charge < -0.3 is 4.74 Å². The monoisotopic (exact) mass is 222 g/mol. The smallest absolute Gasteiger partial charge is 0.496 e. The van der Waals surface area contributed by atoms with E-state index in [1.165, 1.54) is 19.2 Å². The average molecular weight is 222 g/mol. The van der Waals surface area contributed by atoms with Gasteiger partial charge in [-0.05, 0) is 0 Å². The minimum atomic E-state index is -5.01. The van der Waals surface area contributed by atoms with Gasteiger partial charge in [0.1, 0.15) is 5.75 Å². The molecule has 1 aromatic heterocycles. The number of rotatable bonds is 2. The fraction of sp³-hybridized carbons (Fsp3) is 0.250. The Labute approximate surface area is 82.8 Å². The zero-order valence-electron chi connectivity index (χ0n) is 7.62. The van der Waals surface area contributed by atoms with Crippen molar-refractivity contribution in [3.8, 4) is 5.75 Å². The van der Waals surface area contributed by atoms with Crippen molar-refractivity contribution >= 4 is 5.97 Å². The standard InChI is InChI=1S/C8H7F3NO3/c1-14-6-2-4-12(5-3-6)15-7(13)8(9,10)11/h2-5H,1H3/q+1. The van der Waals surface area contributed by atoms with E-state index in [4.69, 9.17) is 4.74 Å². The van der Waals surface area contributed by atoms with Crippen molar-refractivity contribution in [2.24, 2.45) is 0 Å². The summed E-state index contributed by atoms with van der Waals surface area (Å²) in [6.45, 7) is 0. The molecule has 0 aliphatic heterocycles. The van der Waals surface area contributed by atoms with Crippen LogP contribution in [0.15, 0.2) is 24.5 Å². The maximum atomic E-state index is 11.8. The van der Waals surface area contributed by atoms with Gasteiger partial charge in [-0.3, -0.25) is 0 Å². The predicted molar refractivity (Wildman–Crippen MR) is 40.8 cm³/mol. The highest BCUT2D eigenvalue weighted by Gasteiger charge is 2.44. The molecule has 0 aromatic carbocycles. The lowest BCUT2D eigenvalue weighted by Gasteiger charge is -2.00. The Hall–Kier alpha value is -1.79. The van der Waals surface area contributed by atoms with Gasteiger partial charge in [0.25, 0.3) is 0 Å². The van der Waals surface area contributed by atoms with E-state index in [1.807, 2.05) is 0 Å². The predicted octanol–water partition coefficient (Wildman–Crippen LogP) is 0.500. The van der Waals surface area contributed by atoms with Crippen LogP contribution in [0.3, 0.4) is 0 Å². The minimum Gasteiger partial charge on any atom is -0.496 e. The zero-order valence-corrected chi connectivity index (χ0v) is 7.62. The number of hydrogen-bond donors (Lipinski definition) is 0. The van der Waals surface area contributed by atoms with Gasteiger partial charge in [0.15, 0.2) is 0 Å². The Kier molecular flexibility index (Phi) is 3.13. The topological polar surface area (TPSA) is 39.4 Å². The van der Waals surface area contributed by atoms with Gasteiger partial charge in [0.2, 0.25) is 12.4 Å². The van der Waals surface area contributed by atoms with Crippen LogP contribution < -0.4 is 14.3 Å². The Bertz CT molecular complexity index is 347. The third-order valence-corrected chi connectivity index (χ3v) is 1.43. The Morgan fingerprint density at radius 3 is 2.27 bits per heavy atom. The fourth-order valence-electron chi connectivity index (χ4n) is 0.744. The van der Waals surface area contributed by atoms with E-state index in [0.717, 1.165) is 12.4 Å². The molecule has 0 saturated heterocycles. The number of hydrogen-bond acceptors (Lipinski definition) is 3. The molecule has 0 N–H and O–H groups in total. The maximum absolute atomic E-state index is 11.8. The lowest BCUT2D eigenvalue weighted by molar-refractivity contribution is -0.870. The lowest BCUT2D eigenvalue weighted by atomic mass is 10.5. The first-order valence-electron chi connectivity index (χ1n) is 3.78. The number of carbonyl (C=O) groups is 1. The summed E-state index contributed by atoms with van der Waals surface area (Å²) in [7, 11) is 1.40. The van der Waals surface area contributed by atoms with E-state index < -0.39 is 12.1 Å². The number of alkyl halides is 3. The van der Waals surface area contributed by atoms with E-state index in [0.29, 0.717) is 10.5 Å². The number of halogens is 3. The van der Waals surface area contributed by atoms with Crippen molar-refractivity contribution in [2.45, 2.75) is 6.18 Å². The van der Waals surface area contributed by atoms with Crippen molar-refractivity contribution in [3.63, 3.8) is 0 Å². The molecule has 0 radical (unpaired) electrons. The molecule has 0 saturated carbocycles. The van der Waals surface area contributed by atoms with Gasteiger partial charge in [-0.15, -0.1) is 0 Å². The van der Waals surface area contributed by atoms with Crippen LogP contribution in [0.4, 0.5) is 13.2 Å².